The first-order valence-corrected chi connectivity index (χ1v) is 9.66. The number of pyridine rings is 1. The van der Waals surface area contributed by atoms with Crippen molar-refractivity contribution in [2.75, 3.05) is 0 Å². The van der Waals surface area contributed by atoms with Gasteiger partial charge in [-0.05, 0) is 31.2 Å². The van der Waals surface area contributed by atoms with E-state index in [9.17, 15) is 4.79 Å². The molecule has 5 aromatic rings. The number of hydrogen-bond donors (Lipinski definition) is 1. The van der Waals surface area contributed by atoms with Crippen molar-refractivity contribution >= 4 is 16.7 Å². The third kappa shape index (κ3) is 5.14. The molecular formula is C25H19IrN4O2-. The molecule has 0 bridgehead atoms. The number of fused-ring (bicyclic) bond motifs is 1. The number of aromatic carboxylic acids is 1. The predicted octanol–water partition coefficient (Wildman–Crippen LogP) is 4.97. The molecule has 2 heterocycles. The molecule has 6 nitrogen and oxygen atoms in total. The van der Waals surface area contributed by atoms with E-state index in [0.29, 0.717) is 0 Å². The molecule has 32 heavy (non-hydrogen) atoms. The Balaban J connectivity index is 0.000000246. The van der Waals surface area contributed by atoms with Gasteiger partial charge >= 0.3 is 5.97 Å². The molecule has 0 saturated carbocycles. The van der Waals surface area contributed by atoms with Crippen molar-refractivity contribution in [2.45, 2.75) is 6.92 Å². The Hall–Kier alpha value is -3.67. The number of carboxylic acid groups (broad SMARTS) is 1. The van der Waals surface area contributed by atoms with Crippen LogP contribution >= 0.6 is 0 Å². The van der Waals surface area contributed by atoms with E-state index < -0.39 is 5.97 Å². The Morgan fingerprint density at radius 2 is 1.59 bits per heavy atom. The Kier molecular flexibility index (Phi) is 7.60. The molecule has 1 N–H and O–H groups in total. The van der Waals surface area contributed by atoms with Gasteiger partial charge in [-0.1, -0.05) is 53.9 Å². The minimum atomic E-state index is -0.990. The maximum Gasteiger partial charge on any atom is 0.354 e. The van der Waals surface area contributed by atoms with Gasteiger partial charge in [0, 0.05) is 32.0 Å². The molecule has 0 aliphatic carbocycles. The summed E-state index contributed by atoms with van der Waals surface area (Å²) >= 11 is 0. The van der Waals surface area contributed by atoms with Crippen molar-refractivity contribution in [2.24, 2.45) is 0 Å². The van der Waals surface area contributed by atoms with Gasteiger partial charge in [0.15, 0.2) is 0 Å². The Labute approximate surface area is 199 Å². The van der Waals surface area contributed by atoms with Crippen LogP contribution in [0.5, 0.6) is 0 Å². The van der Waals surface area contributed by atoms with Crippen LogP contribution in [0.2, 0.25) is 0 Å². The second-order valence-corrected chi connectivity index (χ2v) is 6.74. The number of benzene rings is 3. The molecule has 3 aromatic carbocycles. The number of aromatic nitrogens is 4. The zero-order valence-electron chi connectivity index (χ0n) is 17.1. The van der Waals surface area contributed by atoms with Crippen molar-refractivity contribution < 1.29 is 30.0 Å². The Bertz CT molecular complexity index is 1320. The van der Waals surface area contributed by atoms with E-state index in [1.165, 1.54) is 23.0 Å². The maximum absolute atomic E-state index is 10.1. The van der Waals surface area contributed by atoms with Gasteiger partial charge in [0.2, 0.25) is 0 Å². The number of hydrogen-bond acceptors (Lipinski definition) is 4. The summed E-state index contributed by atoms with van der Waals surface area (Å²) in [6.45, 7) is 1.96. The first-order chi connectivity index (χ1) is 15.1. The van der Waals surface area contributed by atoms with Gasteiger partial charge in [0.25, 0.3) is 0 Å². The topological polar surface area (TPSA) is 80.9 Å². The number of carbonyl (C=O) groups is 1. The summed E-state index contributed by atoms with van der Waals surface area (Å²) in [7, 11) is 0. The fourth-order valence-electron chi connectivity index (χ4n) is 3.17. The smallest absolute Gasteiger partial charge is 0.354 e. The minimum Gasteiger partial charge on any atom is -0.477 e. The van der Waals surface area contributed by atoms with E-state index in [0.717, 1.165) is 22.9 Å². The van der Waals surface area contributed by atoms with Gasteiger partial charge in [-0.2, -0.15) is 5.10 Å². The molecule has 0 aliphatic heterocycles. The minimum absolute atomic E-state index is 0. The van der Waals surface area contributed by atoms with Crippen molar-refractivity contribution in [3.8, 4) is 17.1 Å². The number of aryl methyl sites for hydroxylation is 1. The molecule has 0 aliphatic rings. The Morgan fingerprint density at radius 1 is 0.906 bits per heavy atom. The summed E-state index contributed by atoms with van der Waals surface area (Å²) in [5.74, 6) is 0.688. The molecule has 1 radical (unpaired) electrons. The maximum atomic E-state index is 10.1. The monoisotopic (exact) mass is 600 g/mol. The zero-order chi connectivity index (χ0) is 21.6. The predicted molar refractivity (Wildman–Crippen MR) is 119 cm³/mol. The molecule has 161 valence electrons. The van der Waals surface area contributed by atoms with E-state index in [-0.39, 0.29) is 25.8 Å². The van der Waals surface area contributed by atoms with Crippen LogP contribution in [0.25, 0.3) is 27.8 Å². The number of rotatable bonds is 3. The molecule has 7 heteroatoms. The van der Waals surface area contributed by atoms with Crippen LogP contribution in [0.3, 0.4) is 0 Å². The van der Waals surface area contributed by atoms with Crippen molar-refractivity contribution in [3.63, 3.8) is 0 Å². The van der Waals surface area contributed by atoms with Crippen molar-refractivity contribution in [3.05, 3.63) is 109 Å². The van der Waals surface area contributed by atoms with Crippen LogP contribution in [-0.2, 0) is 20.1 Å². The van der Waals surface area contributed by atoms with Gasteiger partial charge in [0.1, 0.15) is 11.5 Å². The van der Waals surface area contributed by atoms with Gasteiger partial charge in [-0.3, -0.25) is 0 Å². The van der Waals surface area contributed by atoms with Crippen LogP contribution in [0.15, 0.2) is 91.1 Å². The Morgan fingerprint density at radius 3 is 2.25 bits per heavy atom. The average molecular weight is 600 g/mol. The van der Waals surface area contributed by atoms with E-state index in [1.54, 1.807) is 12.1 Å². The molecule has 0 spiro atoms. The number of carboxylic acids is 1. The summed E-state index contributed by atoms with van der Waals surface area (Å²) in [6, 6.07) is 30.6. The van der Waals surface area contributed by atoms with E-state index >= 15 is 0 Å². The number of para-hydroxylation sites is 1. The fraction of sp³-hybridized carbons (Fsp3) is 0.0400. The second kappa shape index (κ2) is 10.6. The first kappa shape index (κ1) is 23.0. The molecule has 5 rings (SSSR count). The summed E-state index contributed by atoms with van der Waals surface area (Å²) in [4.78, 5) is 13.7. The summed E-state index contributed by atoms with van der Waals surface area (Å²) in [5.41, 5.74) is 2.09. The summed E-state index contributed by atoms with van der Waals surface area (Å²) in [5, 5.41) is 19.3. The summed E-state index contributed by atoms with van der Waals surface area (Å²) in [6.07, 6.45) is 1.45. The standard InChI is InChI=1S/C19H14N3.C6H5NO2.Ir/c1-14-20-21-19(22(14)18-9-3-2-4-10-18)17-12-11-15-7-5-6-8-16(15)13-17;8-6(9)5-3-1-2-4-7-5;/h2-11,13H,1H3;1-4H,(H,8,9);/q-1;;. The molecular weight excluding hydrogens is 581 g/mol. The van der Waals surface area contributed by atoms with Crippen LogP contribution in [0.1, 0.15) is 16.3 Å². The summed E-state index contributed by atoms with van der Waals surface area (Å²) < 4.78 is 2.06. The molecule has 0 saturated heterocycles. The molecule has 2 aromatic heterocycles. The van der Waals surface area contributed by atoms with E-state index in [4.69, 9.17) is 5.11 Å². The van der Waals surface area contributed by atoms with Crippen LogP contribution in [-0.4, -0.2) is 30.8 Å². The SMILES string of the molecule is Cc1nnc(-c2[c-]cc3ccccc3c2)n1-c1ccccc1.O=C(O)c1ccccn1.[Ir]. The molecule has 0 fully saturated rings. The third-order valence-corrected chi connectivity index (χ3v) is 4.64. The van der Waals surface area contributed by atoms with Crippen LogP contribution < -0.4 is 0 Å². The van der Waals surface area contributed by atoms with Gasteiger partial charge in [0.05, 0.1) is 5.82 Å². The fourth-order valence-corrected chi connectivity index (χ4v) is 3.17. The molecule has 0 atom stereocenters. The quantitative estimate of drug-likeness (QED) is 0.296. The van der Waals surface area contributed by atoms with E-state index in [1.807, 2.05) is 43.3 Å². The van der Waals surface area contributed by atoms with Crippen LogP contribution in [0.4, 0.5) is 0 Å². The number of nitrogens with zero attached hydrogens (tertiary/aromatic N) is 4. The van der Waals surface area contributed by atoms with Gasteiger partial charge in [-0.25, -0.2) is 9.78 Å². The average Bonchev–Trinajstić information content (AvgIpc) is 3.21. The first-order valence-electron chi connectivity index (χ1n) is 9.66. The third-order valence-electron chi connectivity index (χ3n) is 4.64. The van der Waals surface area contributed by atoms with Crippen molar-refractivity contribution in [1.82, 2.24) is 19.7 Å². The molecule has 0 unspecified atom stereocenters. The van der Waals surface area contributed by atoms with Gasteiger partial charge < -0.3 is 9.67 Å². The normalized spacial score (nSPS) is 10.0. The zero-order valence-corrected chi connectivity index (χ0v) is 19.5. The molecule has 0 amide bonds. The second-order valence-electron chi connectivity index (χ2n) is 6.74. The van der Waals surface area contributed by atoms with Gasteiger partial charge in [-0.15, -0.1) is 34.2 Å². The van der Waals surface area contributed by atoms with E-state index in [2.05, 4.69) is 56.1 Å². The van der Waals surface area contributed by atoms with Crippen molar-refractivity contribution in [1.29, 1.82) is 0 Å². The van der Waals surface area contributed by atoms with Crippen LogP contribution in [0, 0.1) is 13.0 Å². The largest absolute Gasteiger partial charge is 0.477 e.